The molecular formula is C7H16BrNO. The molecule has 1 heterocycles. The Morgan fingerprint density at radius 3 is 2.50 bits per heavy atom. The van der Waals surface area contributed by atoms with E-state index in [0.29, 0.717) is 12.0 Å². The van der Waals surface area contributed by atoms with Crippen molar-refractivity contribution in [2.24, 2.45) is 5.92 Å². The largest absolute Gasteiger partial charge is 0.375 e. The Bertz CT molecular complexity index is 81.7. The number of ether oxygens (including phenoxy) is 1. The van der Waals surface area contributed by atoms with Crippen molar-refractivity contribution in [3.05, 3.63) is 0 Å². The molecule has 0 aliphatic carbocycles. The van der Waals surface area contributed by atoms with Gasteiger partial charge >= 0.3 is 0 Å². The van der Waals surface area contributed by atoms with Crippen LogP contribution >= 0.6 is 17.0 Å². The standard InChI is InChI=1S/C7H15NO.BrH/c1-6(2)7-5-8-3-4-9-7;/h6-8H,3-5H2,1-2H3;1H. The van der Waals surface area contributed by atoms with Crippen molar-refractivity contribution in [2.75, 3.05) is 19.7 Å². The zero-order chi connectivity index (χ0) is 6.69. The minimum absolute atomic E-state index is 0. The van der Waals surface area contributed by atoms with E-state index in [-0.39, 0.29) is 17.0 Å². The molecule has 0 aromatic carbocycles. The zero-order valence-corrected chi connectivity index (χ0v) is 8.31. The predicted molar refractivity (Wildman–Crippen MR) is 47.8 cm³/mol. The van der Waals surface area contributed by atoms with E-state index in [4.69, 9.17) is 4.74 Å². The smallest absolute Gasteiger partial charge is 0.0722 e. The van der Waals surface area contributed by atoms with E-state index in [0.717, 1.165) is 19.7 Å². The summed E-state index contributed by atoms with van der Waals surface area (Å²) in [6.07, 6.45) is 0.443. The van der Waals surface area contributed by atoms with Crippen molar-refractivity contribution in [2.45, 2.75) is 20.0 Å². The molecule has 1 atom stereocenters. The first-order valence-corrected chi connectivity index (χ1v) is 3.63. The van der Waals surface area contributed by atoms with Gasteiger partial charge in [-0.2, -0.15) is 0 Å². The fourth-order valence-corrected chi connectivity index (χ4v) is 1.01. The third-order valence-electron chi connectivity index (χ3n) is 1.70. The van der Waals surface area contributed by atoms with Gasteiger partial charge in [0, 0.05) is 13.1 Å². The van der Waals surface area contributed by atoms with E-state index < -0.39 is 0 Å². The number of hydrogen-bond donors (Lipinski definition) is 1. The molecule has 1 aliphatic rings. The minimum atomic E-state index is 0. The second kappa shape index (κ2) is 5.10. The molecule has 1 unspecified atom stereocenters. The number of halogens is 1. The Labute approximate surface area is 73.1 Å². The molecule has 10 heavy (non-hydrogen) atoms. The van der Waals surface area contributed by atoms with Crippen molar-refractivity contribution in [1.82, 2.24) is 5.32 Å². The maximum Gasteiger partial charge on any atom is 0.0722 e. The molecule has 0 aromatic rings. The summed E-state index contributed by atoms with van der Waals surface area (Å²) in [6, 6.07) is 0. The maximum atomic E-state index is 5.48. The summed E-state index contributed by atoms with van der Waals surface area (Å²) >= 11 is 0. The fraction of sp³-hybridized carbons (Fsp3) is 1.00. The average Bonchev–Trinajstić information content (AvgIpc) is 1.90. The van der Waals surface area contributed by atoms with Gasteiger partial charge in [-0.25, -0.2) is 0 Å². The maximum absolute atomic E-state index is 5.48. The lowest BCUT2D eigenvalue weighted by molar-refractivity contribution is 0.000508. The lowest BCUT2D eigenvalue weighted by atomic mass is 10.1. The van der Waals surface area contributed by atoms with E-state index >= 15 is 0 Å². The van der Waals surface area contributed by atoms with Crippen molar-refractivity contribution < 1.29 is 4.74 Å². The van der Waals surface area contributed by atoms with Crippen LogP contribution in [0.1, 0.15) is 13.8 Å². The molecule has 0 bridgehead atoms. The highest BCUT2D eigenvalue weighted by Gasteiger charge is 2.15. The molecule has 0 aromatic heterocycles. The molecule has 1 aliphatic heterocycles. The van der Waals surface area contributed by atoms with E-state index in [2.05, 4.69) is 19.2 Å². The van der Waals surface area contributed by atoms with Crippen LogP contribution in [-0.2, 0) is 4.74 Å². The summed E-state index contributed by atoms with van der Waals surface area (Å²) in [5.74, 6) is 0.651. The Hall–Kier alpha value is 0.400. The van der Waals surface area contributed by atoms with Gasteiger partial charge in [-0.05, 0) is 5.92 Å². The van der Waals surface area contributed by atoms with E-state index in [1.807, 2.05) is 0 Å². The third kappa shape index (κ3) is 2.99. The first-order chi connectivity index (χ1) is 4.30. The number of nitrogens with one attached hydrogen (secondary N) is 1. The van der Waals surface area contributed by atoms with Crippen molar-refractivity contribution >= 4 is 17.0 Å². The number of hydrogen-bond acceptors (Lipinski definition) is 2. The van der Waals surface area contributed by atoms with Gasteiger partial charge in [0.1, 0.15) is 0 Å². The predicted octanol–water partition coefficient (Wildman–Crippen LogP) is 1.21. The molecule has 0 spiro atoms. The summed E-state index contributed by atoms with van der Waals surface area (Å²) < 4.78 is 5.48. The van der Waals surface area contributed by atoms with Gasteiger partial charge in [0.05, 0.1) is 12.7 Å². The monoisotopic (exact) mass is 209 g/mol. The van der Waals surface area contributed by atoms with Gasteiger partial charge in [0.15, 0.2) is 0 Å². The number of rotatable bonds is 1. The molecule has 2 nitrogen and oxygen atoms in total. The first kappa shape index (κ1) is 10.4. The van der Waals surface area contributed by atoms with E-state index in [1.165, 1.54) is 0 Å². The Morgan fingerprint density at radius 2 is 2.20 bits per heavy atom. The quantitative estimate of drug-likeness (QED) is 0.702. The number of morpholine rings is 1. The average molecular weight is 210 g/mol. The Kier molecular flexibility index (Phi) is 5.31. The highest BCUT2D eigenvalue weighted by Crippen LogP contribution is 2.06. The first-order valence-electron chi connectivity index (χ1n) is 3.63. The van der Waals surface area contributed by atoms with Gasteiger partial charge < -0.3 is 10.1 Å². The summed E-state index contributed by atoms with van der Waals surface area (Å²) in [4.78, 5) is 0. The van der Waals surface area contributed by atoms with Gasteiger partial charge in [-0.3, -0.25) is 0 Å². The summed E-state index contributed by atoms with van der Waals surface area (Å²) in [5, 5.41) is 3.29. The zero-order valence-electron chi connectivity index (χ0n) is 6.59. The molecule has 1 rings (SSSR count). The molecule has 1 N–H and O–H groups in total. The van der Waals surface area contributed by atoms with Gasteiger partial charge in [-0.1, -0.05) is 13.8 Å². The molecule has 3 heteroatoms. The Balaban J connectivity index is 0.000000810. The molecule has 0 saturated carbocycles. The molecule has 0 amide bonds. The van der Waals surface area contributed by atoms with Crippen molar-refractivity contribution in [3.8, 4) is 0 Å². The second-order valence-corrected chi connectivity index (χ2v) is 2.86. The SMILES string of the molecule is Br.CC(C)C1CNCCO1. The van der Waals surface area contributed by atoms with Gasteiger partial charge in [0.25, 0.3) is 0 Å². The summed E-state index contributed by atoms with van der Waals surface area (Å²) in [7, 11) is 0. The minimum Gasteiger partial charge on any atom is -0.375 e. The summed E-state index contributed by atoms with van der Waals surface area (Å²) in [6.45, 7) is 7.30. The van der Waals surface area contributed by atoms with Crippen LogP contribution in [0.25, 0.3) is 0 Å². The molecule has 62 valence electrons. The summed E-state index contributed by atoms with van der Waals surface area (Å²) in [5.41, 5.74) is 0. The van der Waals surface area contributed by atoms with Crippen LogP contribution in [0, 0.1) is 5.92 Å². The highest BCUT2D eigenvalue weighted by atomic mass is 79.9. The van der Waals surface area contributed by atoms with Gasteiger partial charge in [-0.15, -0.1) is 17.0 Å². The molecule has 0 radical (unpaired) electrons. The van der Waals surface area contributed by atoms with Gasteiger partial charge in [0.2, 0.25) is 0 Å². The fourth-order valence-electron chi connectivity index (χ4n) is 1.01. The van der Waals surface area contributed by atoms with E-state index in [1.54, 1.807) is 0 Å². The van der Waals surface area contributed by atoms with Crippen LogP contribution in [0.3, 0.4) is 0 Å². The van der Waals surface area contributed by atoms with Crippen LogP contribution in [0.2, 0.25) is 0 Å². The lowest BCUT2D eigenvalue weighted by Gasteiger charge is -2.26. The normalized spacial score (nSPS) is 26.1. The molecule has 1 fully saturated rings. The van der Waals surface area contributed by atoms with E-state index in [9.17, 15) is 0 Å². The van der Waals surface area contributed by atoms with Crippen LogP contribution in [0.15, 0.2) is 0 Å². The topological polar surface area (TPSA) is 21.3 Å². The van der Waals surface area contributed by atoms with Crippen LogP contribution in [0.5, 0.6) is 0 Å². The molecular weight excluding hydrogens is 194 g/mol. The van der Waals surface area contributed by atoms with Crippen LogP contribution < -0.4 is 5.32 Å². The van der Waals surface area contributed by atoms with Crippen molar-refractivity contribution in [1.29, 1.82) is 0 Å². The lowest BCUT2D eigenvalue weighted by Crippen LogP contribution is -2.41. The Morgan fingerprint density at radius 1 is 1.50 bits per heavy atom. The third-order valence-corrected chi connectivity index (χ3v) is 1.70. The van der Waals surface area contributed by atoms with Crippen LogP contribution in [-0.4, -0.2) is 25.8 Å². The highest BCUT2D eigenvalue weighted by molar-refractivity contribution is 8.93. The van der Waals surface area contributed by atoms with Crippen LogP contribution in [0.4, 0.5) is 0 Å². The second-order valence-electron chi connectivity index (χ2n) is 2.86. The molecule has 1 saturated heterocycles. The van der Waals surface area contributed by atoms with Crippen molar-refractivity contribution in [3.63, 3.8) is 0 Å².